The molecule has 0 saturated heterocycles. The number of carbonyl (C=O) groups excluding carboxylic acids is 2. The standard InChI is InChI=1S/C6H11N3O3S/c7-4(13)3-5(10)9-1-2-12-6(8)11/h1-3H2,(H2,7,13)(H2,8,11)(H,9,10). The molecule has 0 aromatic heterocycles. The van der Waals surface area contributed by atoms with Crippen molar-refractivity contribution in [3.8, 4) is 0 Å². The normalized spacial score (nSPS) is 8.92. The highest BCUT2D eigenvalue weighted by Crippen LogP contribution is 1.79. The SMILES string of the molecule is NC(=O)OCCNC(=O)CC(N)=S. The Morgan fingerprint density at radius 1 is 1.38 bits per heavy atom. The third-order valence-electron chi connectivity index (χ3n) is 1.00. The number of ether oxygens (including phenoxy) is 1. The summed E-state index contributed by atoms with van der Waals surface area (Å²) in [5.41, 5.74) is 9.79. The van der Waals surface area contributed by atoms with E-state index in [-0.39, 0.29) is 30.5 Å². The molecular weight excluding hydrogens is 194 g/mol. The zero-order valence-corrected chi connectivity index (χ0v) is 7.73. The van der Waals surface area contributed by atoms with Gasteiger partial charge < -0.3 is 21.5 Å². The molecule has 0 spiro atoms. The molecule has 0 aliphatic heterocycles. The van der Waals surface area contributed by atoms with Crippen molar-refractivity contribution in [1.82, 2.24) is 5.32 Å². The van der Waals surface area contributed by atoms with Crippen LogP contribution in [0.4, 0.5) is 4.79 Å². The second-order valence-corrected chi connectivity index (χ2v) is 2.68. The van der Waals surface area contributed by atoms with Gasteiger partial charge in [0.1, 0.15) is 6.61 Å². The molecule has 0 aromatic carbocycles. The number of nitrogens with two attached hydrogens (primary N) is 2. The number of thiocarbonyl (C=S) groups is 1. The smallest absolute Gasteiger partial charge is 0.404 e. The van der Waals surface area contributed by atoms with Crippen LogP contribution in [-0.2, 0) is 9.53 Å². The fourth-order valence-corrected chi connectivity index (χ4v) is 0.694. The molecule has 0 atom stereocenters. The minimum atomic E-state index is -0.872. The van der Waals surface area contributed by atoms with Gasteiger partial charge in [-0.1, -0.05) is 12.2 Å². The third-order valence-corrected chi connectivity index (χ3v) is 1.15. The van der Waals surface area contributed by atoms with Crippen molar-refractivity contribution in [2.45, 2.75) is 6.42 Å². The van der Waals surface area contributed by atoms with E-state index < -0.39 is 6.09 Å². The zero-order valence-electron chi connectivity index (χ0n) is 6.91. The number of hydrogen-bond acceptors (Lipinski definition) is 4. The Balaban J connectivity index is 3.37. The second-order valence-electron chi connectivity index (χ2n) is 2.16. The molecule has 7 heteroatoms. The van der Waals surface area contributed by atoms with E-state index in [2.05, 4.69) is 28.0 Å². The van der Waals surface area contributed by atoms with Gasteiger partial charge in [-0.3, -0.25) is 4.79 Å². The van der Waals surface area contributed by atoms with Gasteiger partial charge in [0.25, 0.3) is 0 Å². The highest BCUT2D eigenvalue weighted by Gasteiger charge is 2.01. The summed E-state index contributed by atoms with van der Waals surface area (Å²) in [5, 5.41) is 2.43. The minimum Gasteiger partial charge on any atom is -0.448 e. The molecule has 0 bridgehead atoms. The van der Waals surface area contributed by atoms with Crippen LogP contribution in [0.1, 0.15) is 6.42 Å². The lowest BCUT2D eigenvalue weighted by molar-refractivity contribution is -0.120. The lowest BCUT2D eigenvalue weighted by atomic mass is 10.4. The van der Waals surface area contributed by atoms with Crippen LogP contribution in [0.15, 0.2) is 0 Å². The van der Waals surface area contributed by atoms with Gasteiger partial charge >= 0.3 is 6.09 Å². The Kier molecular flexibility index (Phi) is 5.53. The van der Waals surface area contributed by atoms with E-state index in [4.69, 9.17) is 5.73 Å². The van der Waals surface area contributed by atoms with Gasteiger partial charge in [-0.05, 0) is 0 Å². The summed E-state index contributed by atoms with van der Waals surface area (Å²) in [5.74, 6) is -0.305. The average molecular weight is 205 g/mol. The van der Waals surface area contributed by atoms with Gasteiger partial charge in [0.05, 0.1) is 18.0 Å². The van der Waals surface area contributed by atoms with Gasteiger partial charge in [-0.25, -0.2) is 4.79 Å². The fourth-order valence-electron chi connectivity index (χ4n) is 0.563. The molecule has 0 aliphatic carbocycles. The molecule has 0 unspecified atom stereocenters. The summed E-state index contributed by atoms with van der Waals surface area (Å²) in [4.78, 5) is 21.0. The van der Waals surface area contributed by atoms with Gasteiger partial charge in [0.2, 0.25) is 5.91 Å². The second kappa shape index (κ2) is 6.18. The van der Waals surface area contributed by atoms with Crippen LogP contribution in [0.3, 0.4) is 0 Å². The molecule has 74 valence electrons. The number of carbonyl (C=O) groups is 2. The molecule has 13 heavy (non-hydrogen) atoms. The van der Waals surface area contributed by atoms with Crippen molar-refractivity contribution in [3.05, 3.63) is 0 Å². The average Bonchev–Trinajstić information content (AvgIpc) is 1.96. The van der Waals surface area contributed by atoms with Gasteiger partial charge in [0.15, 0.2) is 0 Å². The van der Waals surface area contributed by atoms with Crippen molar-refractivity contribution in [3.63, 3.8) is 0 Å². The molecular formula is C6H11N3O3S. The number of hydrogen-bond donors (Lipinski definition) is 3. The van der Waals surface area contributed by atoms with E-state index in [1.807, 2.05) is 0 Å². The van der Waals surface area contributed by atoms with E-state index in [0.29, 0.717) is 0 Å². The topological polar surface area (TPSA) is 107 Å². The maximum absolute atomic E-state index is 10.8. The van der Waals surface area contributed by atoms with E-state index in [1.165, 1.54) is 0 Å². The Hall–Kier alpha value is -1.37. The number of amides is 2. The van der Waals surface area contributed by atoms with Crippen LogP contribution in [0.2, 0.25) is 0 Å². The maximum Gasteiger partial charge on any atom is 0.404 e. The molecule has 2 amide bonds. The summed E-state index contributed by atoms with van der Waals surface area (Å²) in [6.45, 7) is 0.239. The quantitative estimate of drug-likeness (QED) is 0.389. The van der Waals surface area contributed by atoms with Crippen LogP contribution < -0.4 is 16.8 Å². The lowest BCUT2D eigenvalue weighted by Gasteiger charge is -2.03. The molecule has 0 heterocycles. The third kappa shape index (κ3) is 8.54. The highest BCUT2D eigenvalue weighted by molar-refractivity contribution is 7.80. The fraction of sp³-hybridized carbons (Fsp3) is 0.500. The molecule has 0 saturated carbocycles. The summed E-state index contributed by atoms with van der Waals surface area (Å²) in [6.07, 6.45) is -0.880. The highest BCUT2D eigenvalue weighted by atomic mass is 32.1. The molecule has 0 aliphatic rings. The molecule has 6 nitrogen and oxygen atoms in total. The Bertz CT molecular complexity index is 219. The number of nitrogens with one attached hydrogen (secondary N) is 1. The van der Waals surface area contributed by atoms with E-state index >= 15 is 0 Å². The van der Waals surface area contributed by atoms with Crippen LogP contribution in [0.25, 0.3) is 0 Å². The molecule has 0 radical (unpaired) electrons. The van der Waals surface area contributed by atoms with E-state index in [0.717, 1.165) is 0 Å². The first-order valence-corrected chi connectivity index (χ1v) is 3.90. The van der Waals surface area contributed by atoms with E-state index in [9.17, 15) is 9.59 Å². The monoisotopic (exact) mass is 205 g/mol. The number of primary amides is 1. The van der Waals surface area contributed by atoms with Crippen LogP contribution in [0, 0.1) is 0 Å². The lowest BCUT2D eigenvalue weighted by Crippen LogP contribution is -2.31. The van der Waals surface area contributed by atoms with Crippen LogP contribution >= 0.6 is 12.2 Å². The molecule has 0 rings (SSSR count). The summed E-state index contributed by atoms with van der Waals surface area (Å²) >= 11 is 4.50. The Labute approximate surface area is 80.6 Å². The largest absolute Gasteiger partial charge is 0.448 e. The van der Waals surface area contributed by atoms with Crippen molar-refractivity contribution in [2.24, 2.45) is 11.5 Å². The van der Waals surface area contributed by atoms with Crippen LogP contribution in [0.5, 0.6) is 0 Å². The Morgan fingerprint density at radius 3 is 2.46 bits per heavy atom. The minimum absolute atomic E-state index is 0.00803. The zero-order chi connectivity index (χ0) is 10.3. The first kappa shape index (κ1) is 11.6. The van der Waals surface area contributed by atoms with Crippen molar-refractivity contribution >= 4 is 29.2 Å². The van der Waals surface area contributed by atoms with Crippen LogP contribution in [-0.4, -0.2) is 30.1 Å². The van der Waals surface area contributed by atoms with Crippen molar-refractivity contribution in [2.75, 3.05) is 13.2 Å². The summed E-state index contributed by atoms with van der Waals surface area (Å²) in [7, 11) is 0. The van der Waals surface area contributed by atoms with Gasteiger partial charge in [-0.15, -0.1) is 0 Å². The first-order chi connectivity index (χ1) is 6.02. The van der Waals surface area contributed by atoms with Gasteiger partial charge in [0, 0.05) is 0 Å². The predicted molar refractivity (Wildman–Crippen MR) is 49.9 cm³/mol. The summed E-state index contributed by atoms with van der Waals surface area (Å²) < 4.78 is 4.36. The maximum atomic E-state index is 10.8. The summed E-state index contributed by atoms with van der Waals surface area (Å²) in [6, 6.07) is 0. The number of rotatable bonds is 5. The van der Waals surface area contributed by atoms with Crippen molar-refractivity contribution < 1.29 is 14.3 Å². The predicted octanol–water partition coefficient (Wildman–Crippen LogP) is -1.13. The first-order valence-electron chi connectivity index (χ1n) is 3.49. The molecule has 5 N–H and O–H groups in total. The van der Waals surface area contributed by atoms with E-state index in [1.54, 1.807) is 0 Å². The molecule has 0 aromatic rings. The molecule has 0 fully saturated rings. The Morgan fingerprint density at radius 2 is 2.00 bits per heavy atom. The van der Waals surface area contributed by atoms with Gasteiger partial charge in [-0.2, -0.15) is 0 Å². The van der Waals surface area contributed by atoms with Crippen molar-refractivity contribution in [1.29, 1.82) is 0 Å².